The molecule has 144 valence electrons. The molecule has 0 radical (unpaired) electrons. The minimum Gasteiger partial charge on any atom is -0.382 e. The maximum Gasteiger partial charge on any atom is 0.226 e. The second-order valence-electron chi connectivity index (χ2n) is 5.73. The number of rotatable bonds is 6. The second kappa shape index (κ2) is 9.07. The van der Waals surface area contributed by atoms with E-state index in [1.807, 2.05) is 24.3 Å². The van der Waals surface area contributed by atoms with Crippen LogP contribution in [-0.2, 0) is 11.2 Å². The average molecular weight is 511 g/mol. The summed E-state index contributed by atoms with van der Waals surface area (Å²) in [7, 11) is 0. The number of nitrogens with one attached hydrogen (secondary N) is 1. The molecule has 0 aliphatic heterocycles. The van der Waals surface area contributed by atoms with Gasteiger partial charge in [0.1, 0.15) is 5.82 Å². The van der Waals surface area contributed by atoms with Gasteiger partial charge in [0.15, 0.2) is 11.5 Å². The molecule has 0 fully saturated rings. The molecule has 0 saturated carbocycles. The zero-order valence-electron chi connectivity index (χ0n) is 14.3. The first-order valence-corrected chi connectivity index (χ1v) is 9.67. The first kappa shape index (κ1) is 20.2. The fourth-order valence-corrected chi connectivity index (χ4v) is 2.92. The molecule has 3 aromatic rings. The molecule has 0 saturated heterocycles. The number of nitrogens with zero attached hydrogens (tertiary/aromatic N) is 3. The number of carbonyl (C=O) groups is 1. The van der Waals surface area contributed by atoms with E-state index in [1.165, 1.54) is 18.2 Å². The number of amides is 1. The Morgan fingerprint density at radius 1 is 1.18 bits per heavy atom. The molecular weight excluding hydrogens is 497 g/mol. The third-order valence-corrected chi connectivity index (χ3v) is 4.83. The predicted octanol–water partition coefficient (Wildman–Crippen LogP) is 4.34. The molecule has 28 heavy (non-hydrogen) atoms. The van der Waals surface area contributed by atoms with Gasteiger partial charge in [-0.25, -0.2) is 14.0 Å². The summed E-state index contributed by atoms with van der Waals surface area (Å²) in [6, 6.07) is 11.9. The van der Waals surface area contributed by atoms with Gasteiger partial charge in [0, 0.05) is 10.9 Å². The van der Waals surface area contributed by atoms with Crippen LogP contribution in [0.15, 0.2) is 61.0 Å². The van der Waals surface area contributed by atoms with Crippen molar-refractivity contribution < 1.29 is 13.8 Å². The zero-order chi connectivity index (χ0) is 20.1. The number of aliphatic imine (C=N–C) groups is 1. The van der Waals surface area contributed by atoms with E-state index in [1.54, 1.807) is 0 Å². The molecule has 3 rings (SSSR count). The van der Waals surface area contributed by atoms with Gasteiger partial charge in [-0.15, -0.1) is 0 Å². The summed E-state index contributed by atoms with van der Waals surface area (Å²) < 4.78 is 19.2. The Bertz CT molecular complexity index is 1020. The fourth-order valence-electron chi connectivity index (χ4n) is 2.29. The molecule has 0 bridgehead atoms. The Morgan fingerprint density at radius 3 is 2.64 bits per heavy atom. The molecule has 3 N–H and O–H groups in total. The van der Waals surface area contributed by atoms with Gasteiger partial charge in [0.25, 0.3) is 0 Å². The summed E-state index contributed by atoms with van der Waals surface area (Å²) in [5.41, 5.74) is 7.46. The van der Waals surface area contributed by atoms with Crippen molar-refractivity contribution in [2.45, 2.75) is 12.8 Å². The summed E-state index contributed by atoms with van der Waals surface area (Å²) in [6.07, 6.45) is 0.808. The van der Waals surface area contributed by atoms with Crippen molar-refractivity contribution in [3.63, 3.8) is 0 Å². The summed E-state index contributed by atoms with van der Waals surface area (Å²) in [6.45, 7) is 0. The molecule has 1 heterocycles. The van der Waals surface area contributed by atoms with Crippen LogP contribution in [0, 0.1) is 5.82 Å². The van der Waals surface area contributed by atoms with Gasteiger partial charge < -0.3 is 11.1 Å². The molecule has 7 nitrogen and oxygen atoms in total. The lowest BCUT2D eigenvalue weighted by molar-refractivity contribution is -0.116. The van der Waals surface area contributed by atoms with Gasteiger partial charge in [-0.3, -0.25) is 4.79 Å². The molecule has 0 unspecified atom stereocenters. The Kier molecular flexibility index (Phi) is 6.53. The van der Waals surface area contributed by atoms with Gasteiger partial charge in [0.05, 0.1) is 10.2 Å². The topological polar surface area (TPSA) is 106 Å². The van der Waals surface area contributed by atoms with Crippen LogP contribution >= 0.6 is 31.9 Å². The minimum absolute atomic E-state index is 0.0250. The van der Waals surface area contributed by atoms with E-state index in [2.05, 4.69) is 57.1 Å². The lowest BCUT2D eigenvalue weighted by Gasteiger charge is -2.04. The molecular formula is C18H14Br2FN5O2. The van der Waals surface area contributed by atoms with Crippen LogP contribution in [-0.4, -0.2) is 22.1 Å². The predicted molar refractivity (Wildman–Crippen MR) is 110 cm³/mol. The summed E-state index contributed by atoms with van der Waals surface area (Å²) in [5.74, 6) is -0.636. The second-order valence-corrected chi connectivity index (χ2v) is 7.50. The highest BCUT2D eigenvalue weighted by Crippen LogP contribution is 2.23. The minimum atomic E-state index is -0.417. The monoisotopic (exact) mass is 509 g/mol. The summed E-state index contributed by atoms with van der Waals surface area (Å²) in [5, 5.41) is 9.96. The van der Waals surface area contributed by atoms with Crippen LogP contribution in [0.3, 0.4) is 0 Å². The maximum absolute atomic E-state index is 13.3. The molecule has 2 aromatic carbocycles. The van der Waals surface area contributed by atoms with Crippen molar-refractivity contribution >= 4 is 55.1 Å². The Hall–Kier alpha value is -2.59. The van der Waals surface area contributed by atoms with Gasteiger partial charge in [-0.05, 0) is 68.6 Å². The van der Waals surface area contributed by atoms with Crippen LogP contribution in [0.1, 0.15) is 17.7 Å². The highest BCUT2D eigenvalue weighted by Gasteiger charge is 2.17. The Labute approximate surface area is 176 Å². The quantitative estimate of drug-likeness (QED) is 0.379. The van der Waals surface area contributed by atoms with E-state index in [9.17, 15) is 9.18 Å². The fraction of sp³-hybridized carbons (Fsp3) is 0.111. The maximum atomic E-state index is 13.3. The first-order chi connectivity index (χ1) is 13.4. The highest BCUT2D eigenvalue weighted by atomic mass is 79.9. The first-order valence-electron chi connectivity index (χ1n) is 8.09. The molecule has 0 aliphatic rings. The Balaban J connectivity index is 1.66. The third kappa shape index (κ3) is 5.23. The number of aromatic nitrogens is 2. The van der Waals surface area contributed by atoms with E-state index >= 15 is 0 Å². The van der Waals surface area contributed by atoms with E-state index in [0.29, 0.717) is 12.1 Å². The number of amidine groups is 1. The third-order valence-electron chi connectivity index (χ3n) is 3.70. The van der Waals surface area contributed by atoms with Crippen LogP contribution in [0.25, 0.3) is 0 Å². The zero-order valence-corrected chi connectivity index (χ0v) is 17.5. The lowest BCUT2D eigenvalue weighted by atomic mass is 10.1. The van der Waals surface area contributed by atoms with E-state index in [0.717, 1.165) is 10.0 Å². The molecule has 10 heteroatoms. The smallest absolute Gasteiger partial charge is 0.226 e. The SMILES string of the molecule is NC(=Nc1ccc(F)c(Br)c1)c1nonc1NC(=O)CCc1ccc(Br)cc1. The van der Waals surface area contributed by atoms with Crippen LogP contribution in [0.5, 0.6) is 0 Å². The summed E-state index contributed by atoms with van der Waals surface area (Å²) >= 11 is 6.45. The number of hydrogen-bond acceptors (Lipinski definition) is 5. The molecule has 0 aliphatic carbocycles. The van der Waals surface area contributed by atoms with Crippen LogP contribution < -0.4 is 11.1 Å². The normalized spacial score (nSPS) is 11.5. The van der Waals surface area contributed by atoms with Gasteiger partial charge in [-0.2, -0.15) is 0 Å². The van der Waals surface area contributed by atoms with Crippen LogP contribution in [0.2, 0.25) is 0 Å². The van der Waals surface area contributed by atoms with Gasteiger partial charge in [-0.1, -0.05) is 28.1 Å². The van der Waals surface area contributed by atoms with Crippen molar-refractivity contribution in [3.8, 4) is 0 Å². The number of aryl methyl sites for hydroxylation is 1. The number of anilines is 1. The highest BCUT2D eigenvalue weighted by molar-refractivity contribution is 9.10. The lowest BCUT2D eigenvalue weighted by Crippen LogP contribution is -2.19. The largest absolute Gasteiger partial charge is 0.382 e. The number of halogens is 3. The van der Waals surface area contributed by atoms with E-state index < -0.39 is 5.82 Å². The van der Waals surface area contributed by atoms with Crippen molar-refractivity contribution in [2.24, 2.45) is 10.7 Å². The molecule has 0 spiro atoms. The van der Waals surface area contributed by atoms with Crippen molar-refractivity contribution in [3.05, 3.63) is 68.5 Å². The van der Waals surface area contributed by atoms with E-state index in [-0.39, 0.29) is 34.1 Å². The number of nitrogens with two attached hydrogens (primary N) is 1. The van der Waals surface area contributed by atoms with Crippen molar-refractivity contribution in [1.29, 1.82) is 0 Å². The van der Waals surface area contributed by atoms with Crippen molar-refractivity contribution in [1.82, 2.24) is 10.3 Å². The number of benzene rings is 2. The van der Waals surface area contributed by atoms with Gasteiger partial charge >= 0.3 is 0 Å². The molecule has 0 atom stereocenters. The standard InChI is InChI=1S/C18H14Br2FN5O2/c19-11-4-1-10(2-5-11)3-8-15(27)24-18-16(25-28-26-18)17(22)23-12-6-7-14(21)13(20)9-12/h1-2,4-7,9H,3,8H2,(H2,22,23)(H,24,26,27). The average Bonchev–Trinajstić information content (AvgIpc) is 3.12. The van der Waals surface area contributed by atoms with E-state index in [4.69, 9.17) is 5.73 Å². The van der Waals surface area contributed by atoms with Crippen LogP contribution in [0.4, 0.5) is 15.9 Å². The Morgan fingerprint density at radius 2 is 1.93 bits per heavy atom. The summed E-state index contributed by atoms with van der Waals surface area (Å²) in [4.78, 5) is 16.4. The van der Waals surface area contributed by atoms with Gasteiger partial charge in [0.2, 0.25) is 11.7 Å². The number of carbonyl (C=O) groups excluding carboxylic acids is 1. The van der Waals surface area contributed by atoms with Crippen molar-refractivity contribution in [2.75, 3.05) is 5.32 Å². The molecule has 1 amide bonds. The number of hydrogen-bond donors (Lipinski definition) is 2. The molecule has 1 aromatic heterocycles.